The first-order valence-corrected chi connectivity index (χ1v) is 9.30. The van der Waals surface area contributed by atoms with Gasteiger partial charge in [0.05, 0.1) is 11.1 Å². The Bertz CT molecular complexity index is 781. The van der Waals surface area contributed by atoms with Crippen molar-refractivity contribution in [3.8, 4) is 11.4 Å². The summed E-state index contributed by atoms with van der Waals surface area (Å²) in [5.41, 5.74) is 3.22. The van der Waals surface area contributed by atoms with Crippen molar-refractivity contribution in [3.05, 3.63) is 35.7 Å². The topological polar surface area (TPSA) is 21.7 Å². The Morgan fingerprint density at radius 3 is 2.39 bits per heavy atom. The molecule has 23 heavy (non-hydrogen) atoms. The van der Waals surface area contributed by atoms with Crippen LogP contribution in [0.1, 0.15) is 49.9 Å². The average Bonchev–Trinajstić information content (AvgIpc) is 3.00. The number of hydrogen-bond acceptors (Lipinski definition) is 1. The van der Waals surface area contributed by atoms with Crippen molar-refractivity contribution in [2.75, 3.05) is 0 Å². The molecule has 4 bridgehead atoms. The van der Waals surface area contributed by atoms with E-state index in [1.807, 2.05) is 0 Å². The van der Waals surface area contributed by atoms with Crippen molar-refractivity contribution in [1.82, 2.24) is 9.78 Å². The highest BCUT2D eigenvalue weighted by Gasteiger charge is 2.56. The Morgan fingerprint density at radius 1 is 1.04 bits per heavy atom. The van der Waals surface area contributed by atoms with Crippen LogP contribution in [-0.2, 0) is 12.1 Å². The van der Waals surface area contributed by atoms with Crippen LogP contribution in [0.25, 0.3) is 11.4 Å². The lowest BCUT2D eigenvalue weighted by Gasteiger charge is -2.55. The lowest BCUT2D eigenvalue weighted by atomic mass is 9.53. The van der Waals surface area contributed by atoms with Crippen molar-refractivity contribution in [2.24, 2.45) is 17.8 Å². The minimum Gasteiger partial charge on any atom is -0.222 e. The van der Waals surface area contributed by atoms with Gasteiger partial charge in [-0.3, -0.25) is 0 Å². The molecule has 5 aliphatic rings. The van der Waals surface area contributed by atoms with Crippen LogP contribution in [0.4, 0.5) is 0 Å². The molecule has 0 atom stereocenters. The highest BCUT2D eigenvalue weighted by atomic mass is 15.4. The summed E-state index contributed by atoms with van der Waals surface area (Å²) in [6, 6.07) is 8.91. The van der Waals surface area contributed by atoms with E-state index in [2.05, 4.69) is 40.4 Å². The van der Waals surface area contributed by atoms with Crippen LogP contribution in [0.5, 0.6) is 0 Å². The van der Waals surface area contributed by atoms with Crippen LogP contribution >= 0.6 is 0 Å². The van der Waals surface area contributed by atoms with Crippen LogP contribution < -0.4 is 4.57 Å². The molecule has 0 unspecified atom stereocenters. The molecule has 2 heterocycles. The molecule has 0 radical (unpaired) electrons. The van der Waals surface area contributed by atoms with Crippen molar-refractivity contribution in [3.63, 3.8) is 0 Å². The second kappa shape index (κ2) is 4.06. The average molecular weight is 306 g/mol. The fourth-order valence-electron chi connectivity index (χ4n) is 6.85. The van der Waals surface area contributed by atoms with E-state index in [0.29, 0.717) is 5.54 Å². The molecule has 7 rings (SSSR count). The second-order valence-electron chi connectivity index (χ2n) is 8.66. The molecule has 0 amide bonds. The zero-order chi connectivity index (χ0) is 15.2. The Morgan fingerprint density at radius 2 is 1.70 bits per heavy atom. The smallest absolute Gasteiger partial charge is 0.222 e. The Balaban J connectivity index is 1.57. The van der Waals surface area contributed by atoms with E-state index in [1.54, 1.807) is 0 Å². The molecular weight excluding hydrogens is 282 g/mol. The standard InChI is InChI=1S/C20H24N3/c1-13-21-22-12-17-4-2-3-5-18(17)19(22)23(13)20-9-14-6-15(10-20)8-16(7-14)11-20/h2-5,14-16H,6-12H2,1H3/q+1. The fraction of sp³-hybridized carbons (Fsp3) is 0.600. The monoisotopic (exact) mass is 306 g/mol. The van der Waals surface area contributed by atoms with Crippen molar-refractivity contribution >= 4 is 0 Å². The normalized spacial score (nSPS) is 36.3. The molecule has 3 nitrogen and oxygen atoms in total. The summed E-state index contributed by atoms with van der Waals surface area (Å²) in [6.07, 6.45) is 8.68. The number of rotatable bonds is 1. The van der Waals surface area contributed by atoms with E-state index in [-0.39, 0.29) is 0 Å². The van der Waals surface area contributed by atoms with Gasteiger partial charge in [0.2, 0.25) is 0 Å². The van der Waals surface area contributed by atoms with Crippen LogP contribution in [-0.4, -0.2) is 9.78 Å². The summed E-state index contributed by atoms with van der Waals surface area (Å²) in [4.78, 5) is 0. The first kappa shape index (κ1) is 12.7. The van der Waals surface area contributed by atoms with Crippen molar-refractivity contribution in [1.29, 1.82) is 0 Å². The summed E-state index contributed by atoms with van der Waals surface area (Å²) in [5, 5.41) is 4.94. The maximum atomic E-state index is 4.94. The van der Waals surface area contributed by atoms with E-state index in [4.69, 9.17) is 5.10 Å². The predicted molar refractivity (Wildman–Crippen MR) is 87.8 cm³/mol. The summed E-state index contributed by atoms with van der Waals surface area (Å²) < 4.78 is 4.95. The highest BCUT2D eigenvalue weighted by molar-refractivity contribution is 5.61. The largest absolute Gasteiger partial charge is 0.275 e. The lowest BCUT2D eigenvalue weighted by Crippen LogP contribution is -2.66. The van der Waals surface area contributed by atoms with Gasteiger partial charge in [-0.15, -0.1) is 4.68 Å². The number of aryl methyl sites for hydroxylation is 1. The minimum atomic E-state index is 0.365. The molecule has 1 aromatic carbocycles. The summed E-state index contributed by atoms with van der Waals surface area (Å²) in [7, 11) is 0. The maximum Gasteiger partial charge on any atom is 0.275 e. The third-order valence-electron chi connectivity index (χ3n) is 7.10. The van der Waals surface area contributed by atoms with Gasteiger partial charge >= 0.3 is 0 Å². The van der Waals surface area contributed by atoms with Gasteiger partial charge in [0.25, 0.3) is 11.6 Å². The SMILES string of the molecule is Cc1nn2c([n+]1C13CC4CC(CC(C4)C1)C3)-c1ccccc1C2. The third-order valence-corrected chi connectivity index (χ3v) is 7.10. The van der Waals surface area contributed by atoms with Crippen LogP contribution in [0.15, 0.2) is 24.3 Å². The van der Waals surface area contributed by atoms with Gasteiger partial charge in [0.15, 0.2) is 0 Å². The van der Waals surface area contributed by atoms with Gasteiger partial charge in [-0.25, -0.2) is 4.57 Å². The molecule has 0 N–H and O–H groups in total. The second-order valence-corrected chi connectivity index (χ2v) is 8.66. The number of fused-ring (bicyclic) bond motifs is 3. The molecule has 3 heteroatoms. The highest BCUT2D eigenvalue weighted by Crippen LogP contribution is 2.57. The van der Waals surface area contributed by atoms with Gasteiger partial charge in [-0.1, -0.05) is 18.2 Å². The molecular formula is C20H24N3+. The van der Waals surface area contributed by atoms with Gasteiger partial charge in [-0.2, -0.15) is 0 Å². The zero-order valence-electron chi connectivity index (χ0n) is 13.8. The van der Waals surface area contributed by atoms with Gasteiger partial charge in [-0.05, 0) is 62.3 Å². The van der Waals surface area contributed by atoms with Crippen LogP contribution in [0, 0.1) is 24.7 Å². The first-order chi connectivity index (χ1) is 11.2. The van der Waals surface area contributed by atoms with Gasteiger partial charge in [0.1, 0.15) is 6.54 Å². The molecule has 1 aliphatic heterocycles. The number of aromatic nitrogens is 3. The number of benzene rings is 1. The van der Waals surface area contributed by atoms with Crippen LogP contribution in [0.2, 0.25) is 0 Å². The zero-order valence-corrected chi connectivity index (χ0v) is 13.8. The molecule has 118 valence electrons. The number of hydrogen-bond donors (Lipinski definition) is 0. The van der Waals surface area contributed by atoms with Crippen LogP contribution in [0.3, 0.4) is 0 Å². The lowest BCUT2D eigenvalue weighted by molar-refractivity contribution is -0.772. The first-order valence-electron chi connectivity index (χ1n) is 9.30. The quantitative estimate of drug-likeness (QED) is 0.631. The molecule has 0 saturated heterocycles. The number of nitrogens with zero attached hydrogens (tertiary/aromatic N) is 3. The van der Waals surface area contributed by atoms with Crippen molar-refractivity contribution in [2.45, 2.75) is 57.5 Å². The maximum absolute atomic E-state index is 4.94. The molecule has 0 spiro atoms. The third kappa shape index (κ3) is 1.56. The fourth-order valence-corrected chi connectivity index (χ4v) is 6.85. The van der Waals surface area contributed by atoms with E-state index < -0.39 is 0 Å². The summed E-state index contributed by atoms with van der Waals surface area (Å²) in [5.74, 6) is 5.54. The molecule has 4 saturated carbocycles. The Hall–Kier alpha value is -1.64. The minimum absolute atomic E-state index is 0.365. The predicted octanol–water partition coefficient (Wildman–Crippen LogP) is 3.43. The van der Waals surface area contributed by atoms with Gasteiger partial charge in [0, 0.05) is 17.6 Å². The summed E-state index contributed by atoms with van der Waals surface area (Å²) >= 11 is 0. The van der Waals surface area contributed by atoms with E-state index in [1.165, 1.54) is 61.3 Å². The van der Waals surface area contributed by atoms with Crippen molar-refractivity contribution < 1.29 is 4.57 Å². The molecule has 4 aliphatic carbocycles. The van der Waals surface area contributed by atoms with E-state index in [0.717, 1.165) is 24.3 Å². The van der Waals surface area contributed by atoms with E-state index >= 15 is 0 Å². The Labute approximate surface area is 137 Å². The summed E-state index contributed by atoms with van der Waals surface area (Å²) in [6.45, 7) is 3.18. The molecule has 4 fully saturated rings. The Kier molecular flexibility index (Phi) is 2.25. The molecule has 1 aromatic heterocycles. The van der Waals surface area contributed by atoms with Gasteiger partial charge < -0.3 is 0 Å². The molecule has 2 aromatic rings. The van der Waals surface area contributed by atoms with E-state index in [9.17, 15) is 0 Å².